The van der Waals surface area contributed by atoms with Crippen molar-refractivity contribution < 1.29 is 9.26 Å². The van der Waals surface area contributed by atoms with Crippen LogP contribution < -0.4 is 5.32 Å². The molecule has 3 rings (SSSR count). The lowest BCUT2D eigenvalue weighted by Crippen LogP contribution is -2.15. The molecular formula is C15H24N2O2. The van der Waals surface area contributed by atoms with E-state index in [9.17, 15) is 0 Å². The van der Waals surface area contributed by atoms with Gasteiger partial charge in [0.05, 0.1) is 11.8 Å². The first-order valence-electron chi connectivity index (χ1n) is 7.69. The predicted molar refractivity (Wildman–Crippen MR) is 72.6 cm³/mol. The van der Waals surface area contributed by atoms with Gasteiger partial charge < -0.3 is 14.6 Å². The van der Waals surface area contributed by atoms with E-state index in [-0.39, 0.29) is 0 Å². The standard InChI is InChI=1S/C15H24N2O2/c1-2-4-6-14(5-3-1)18-11-15-9-13(17-19-15)10-16-12-7-8-12/h9,12,14,16H,1-8,10-11H2. The maximum atomic E-state index is 5.95. The highest BCUT2D eigenvalue weighted by Crippen LogP contribution is 2.21. The molecule has 1 heterocycles. The van der Waals surface area contributed by atoms with E-state index in [0.717, 1.165) is 18.0 Å². The Hall–Kier alpha value is -0.870. The van der Waals surface area contributed by atoms with Crippen LogP contribution in [0.3, 0.4) is 0 Å². The third kappa shape index (κ3) is 4.32. The summed E-state index contributed by atoms with van der Waals surface area (Å²) in [5.41, 5.74) is 0.992. The van der Waals surface area contributed by atoms with Crippen molar-refractivity contribution in [3.05, 3.63) is 17.5 Å². The first-order valence-corrected chi connectivity index (χ1v) is 7.69. The van der Waals surface area contributed by atoms with Gasteiger partial charge in [0.1, 0.15) is 6.61 Å². The van der Waals surface area contributed by atoms with Gasteiger partial charge in [-0.1, -0.05) is 30.8 Å². The molecule has 2 saturated carbocycles. The lowest BCUT2D eigenvalue weighted by molar-refractivity contribution is 0.0195. The van der Waals surface area contributed by atoms with Crippen LogP contribution in [0.4, 0.5) is 0 Å². The Bertz CT molecular complexity index is 379. The Balaban J connectivity index is 1.41. The molecule has 19 heavy (non-hydrogen) atoms. The van der Waals surface area contributed by atoms with E-state index in [1.807, 2.05) is 6.07 Å². The number of nitrogens with zero attached hydrogens (tertiary/aromatic N) is 1. The van der Waals surface area contributed by atoms with Crippen molar-refractivity contribution in [2.45, 2.75) is 76.7 Å². The normalized spacial score (nSPS) is 21.5. The Labute approximate surface area is 114 Å². The zero-order valence-corrected chi connectivity index (χ0v) is 11.6. The number of ether oxygens (including phenoxy) is 1. The molecule has 0 unspecified atom stereocenters. The minimum Gasteiger partial charge on any atom is -0.370 e. The molecule has 106 valence electrons. The summed E-state index contributed by atoms with van der Waals surface area (Å²) in [4.78, 5) is 0. The highest BCUT2D eigenvalue weighted by Gasteiger charge is 2.20. The van der Waals surface area contributed by atoms with Gasteiger partial charge in [-0.3, -0.25) is 0 Å². The molecular weight excluding hydrogens is 240 g/mol. The quantitative estimate of drug-likeness (QED) is 0.802. The zero-order chi connectivity index (χ0) is 12.9. The highest BCUT2D eigenvalue weighted by atomic mass is 16.5. The van der Waals surface area contributed by atoms with E-state index < -0.39 is 0 Å². The van der Waals surface area contributed by atoms with Gasteiger partial charge in [0, 0.05) is 18.7 Å². The third-order valence-electron chi connectivity index (χ3n) is 4.02. The van der Waals surface area contributed by atoms with Crippen molar-refractivity contribution in [1.82, 2.24) is 10.5 Å². The van der Waals surface area contributed by atoms with Crippen LogP contribution in [0.2, 0.25) is 0 Å². The lowest BCUT2D eigenvalue weighted by atomic mass is 10.1. The number of aromatic nitrogens is 1. The van der Waals surface area contributed by atoms with Gasteiger partial charge in [-0.25, -0.2) is 0 Å². The van der Waals surface area contributed by atoms with Crippen molar-refractivity contribution in [1.29, 1.82) is 0 Å². The maximum Gasteiger partial charge on any atom is 0.162 e. The number of rotatable bonds is 6. The molecule has 0 saturated heterocycles. The van der Waals surface area contributed by atoms with E-state index in [0.29, 0.717) is 18.8 Å². The third-order valence-corrected chi connectivity index (χ3v) is 4.02. The average molecular weight is 264 g/mol. The smallest absolute Gasteiger partial charge is 0.162 e. The molecule has 4 nitrogen and oxygen atoms in total. The van der Waals surface area contributed by atoms with Crippen molar-refractivity contribution in [3.8, 4) is 0 Å². The zero-order valence-electron chi connectivity index (χ0n) is 11.6. The molecule has 0 aliphatic heterocycles. The minimum atomic E-state index is 0.417. The summed E-state index contributed by atoms with van der Waals surface area (Å²) in [5, 5.41) is 7.52. The van der Waals surface area contributed by atoms with Crippen molar-refractivity contribution in [2.75, 3.05) is 0 Å². The highest BCUT2D eigenvalue weighted by molar-refractivity contribution is 5.05. The van der Waals surface area contributed by atoms with Crippen molar-refractivity contribution in [3.63, 3.8) is 0 Å². The fourth-order valence-electron chi connectivity index (χ4n) is 2.65. The topological polar surface area (TPSA) is 47.3 Å². The van der Waals surface area contributed by atoms with Crippen LogP contribution in [0.15, 0.2) is 10.6 Å². The molecule has 0 atom stereocenters. The van der Waals surface area contributed by atoms with Gasteiger partial charge in [0.15, 0.2) is 5.76 Å². The van der Waals surface area contributed by atoms with E-state index in [1.54, 1.807) is 0 Å². The maximum absolute atomic E-state index is 5.95. The Morgan fingerprint density at radius 2 is 1.95 bits per heavy atom. The van der Waals surface area contributed by atoms with Crippen LogP contribution in [0.1, 0.15) is 62.8 Å². The van der Waals surface area contributed by atoms with Gasteiger partial charge in [-0.15, -0.1) is 0 Å². The van der Waals surface area contributed by atoms with Crippen LogP contribution >= 0.6 is 0 Å². The van der Waals surface area contributed by atoms with Crippen molar-refractivity contribution in [2.24, 2.45) is 0 Å². The summed E-state index contributed by atoms with van der Waals surface area (Å²) in [6, 6.07) is 2.73. The lowest BCUT2D eigenvalue weighted by Gasteiger charge is -2.13. The van der Waals surface area contributed by atoms with E-state index in [2.05, 4.69) is 10.5 Å². The Morgan fingerprint density at radius 1 is 1.16 bits per heavy atom. The molecule has 4 heteroatoms. The predicted octanol–water partition coefficient (Wildman–Crippen LogP) is 3.17. The summed E-state index contributed by atoms with van der Waals surface area (Å²) < 4.78 is 11.3. The molecule has 2 aliphatic rings. The molecule has 2 aliphatic carbocycles. The van der Waals surface area contributed by atoms with Crippen LogP contribution in [0.25, 0.3) is 0 Å². The second-order valence-electron chi connectivity index (χ2n) is 5.86. The largest absolute Gasteiger partial charge is 0.370 e. The molecule has 1 aromatic rings. The molecule has 0 radical (unpaired) electrons. The summed E-state index contributed by atoms with van der Waals surface area (Å²) >= 11 is 0. The van der Waals surface area contributed by atoms with Crippen LogP contribution in [0, 0.1) is 0 Å². The van der Waals surface area contributed by atoms with Gasteiger partial charge in [0.2, 0.25) is 0 Å². The fraction of sp³-hybridized carbons (Fsp3) is 0.800. The molecule has 0 aromatic carbocycles. The second-order valence-corrected chi connectivity index (χ2v) is 5.86. The van der Waals surface area contributed by atoms with E-state index >= 15 is 0 Å². The number of nitrogens with one attached hydrogen (secondary N) is 1. The second kappa shape index (κ2) is 6.53. The molecule has 0 bridgehead atoms. The first kappa shape index (κ1) is 13.1. The summed E-state index contributed by atoms with van der Waals surface area (Å²) in [7, 11) is 0. The van der Waals surface area contributed by atoms with Crippen LogP contribution in [0.5, 0.6) is 0 Å². The van der Waals surface area contributed by atoms with E-state index in [4.69, 9.17) is 9.26 Å². The molecule has 0 amide bonds. The summed E-state index contributed by atoms with van der Waals surface area (Å²) in [6.45, 7) is 1.39. The van der Waals surface area contributed by atoms with Crippen LogP contribution in [-0.2, 0) is 17.9 Å². The van der Waals surface area contributed by atoms with Crippen molar-refractivity contribution >= 4 is 0 Å². The fourth-order valence-corrected chi connectivity index (χ4v) is 2.65. The summed E-state index contributed by atoms with van der Waals surface area (Å²) in [5.74, 6) is 0.858. The van der Waals surface area contributed by atoms with Gasteiger partial charge in [0.25, 0.3) is 0 Å². The van der Waals surface area contributed by atoms with Gasteiger partial charge >= 0.3 is 0 Å². The summed E-state index contributed by atoms with van der Waals surface area (Å²) in [6.07, 6.45) is 10.7. The SMILES string of the molecule is c1c(CNC2CC2)noc1COC1CCCCCC1. The first-order chi connectivity index (χ1) is 9.40. The number of hydrogen-bond acceptors (Lipinski definition) is 4. The van der Waals surface area contributed by atoms with E-state index in [1.165, 1.54) is 51.4 Å². The minimum absolute atomic E-state index is 0.417. The Morgan fingerprint density at radius 3 is 2.68 bits per heavy atom. The monoisotopic (exact) mass is 264 g/mol. The molecule has 2 fully saturated rings. The van der Waals surface area contributed by atoms with Gasteiger partial charge in [-0.2, -0.15) is 0 Å². The number of hydrogen-bond donors (Lipinski definition) is 1. The van der Waals surface area contributed by atoms with Crippen LogP contribution in [-0.4, -0.2) is 17.3 Å². The molecule has 0 spiro atoms. The molecule has 1 aromatic heterocycles. The molecule has 1 N–H and O–H groups in total. The average Bonchev–Trinajstić information content (AvgIpc) is 3.20. The Kier molecular flexibility index (Phi) is 4.51. The van der Waals surface area contributed by atoms with Gasteiger partial charge in [-0.05, 0) is 25.7 Å².